The molecule has 3 atom stereocenters. The van der Waals surface area contributed by atoms with Crippen molar-refractivity contribution in [2.24, 2.45) is 11.8 Å². The van der Waals surface area contributed by atoms with E-state index in [0.717, 1.165) is 12.3 Å². The number of carbonyl (C=O) groups is 1. The highest BCUT2D eigenvalue weighted by atomic mass is 35.5. The van der Waals surface area contributed by atoms with E-state index in [1.807, 2.05) is 0 Å². The zero-order valence-corrected chi connectivity index (χ0v) is 12.6. The topological polar surface area (TPSA) is 38.3 Å². The molecule has 1 N–H and O–H groups in total. The molecule has 108 valence electrons. The molecule has 0 aromatic heterocycles. The third-order valence-corrected chi connectivity index (χ3v) is 4.87. The molecular weight excluding hydrogens is 297 g/mol. The normalized spacial score (nSPS) is 27.6. The van der Waals surface area contributed by atoms with Gasteiger partial charge in [-0.1, -0.05) is 29.6 Å². The lowest BCUT2D eigenvalue weighted by atomic mass is 9.95. The van der Waals surface area contributed by atoms with Crippen LogP contribution >= 0.6 is 23.2 Å². The van der Waals surface area contributed by atoms with Gasteiger partial charge in [-0.3, -0.25) is 4.79 Å². The van der Waals surface area contributed by atoms with Crippen molar-refractivity contribution in [3.63, 3.8) is 0 Å². The summed E-state index contributed by atoms with van der Waals surface area (Å²) in [6.07, 6.45) is 4.97. The Kier molecular flexibility index (Phi) is 4.08. The Morgan fingerprint density at radius 2 is 2.15 bits per heavy atom. The number of benzene rings is 1. The minimum Gasteiger partial charge on any atom is -0.482 e. The van der Waals surface area contributed by atoms with Gasteiger partial charge in [0.2, 0.25) is 0 Å². The van der Waals surface area contributed by atoms with E-state index < -0.39 is 0 Å². The summed E-state index contributed by atoms with van der Waals surface area (Å²) in [5, 5.41) is 4.05. The highest BCUT2D eigenvalue weighted by molar-refractivity contribution is 6.35. The average Bonchev–Trinajstić information content (AvgIpc) is 3.00. The quantitative estimate of drug-likeness (QED) is 0.921. The Hall–Kier alpha value is -0.930. The summed E-state index contributed by atoms with van der Waals surface area (Å²) in [6.45, 7) is -0.00472. The lowest BCUT2D eigenvalue weighted by Gasteiger charge is -2.22. The standard InChI is InChI=1S/C15H17Cl2NO2/c16-11-3-4-14(12(17)7-11)20-8-15(19)18-13-6-9-1-2-10(13)5-9/h3-4,7,9-10,13H,1-2,5-6,8H2,(H,18,19)/t9-,10-,13-/m1/s1. The Labute approximate surface area is 128 Å². The van der Waals surface area contributed by atoms with E-state index in [4.69, 9.17) is 27.9 Å². The summed E-state index contributed by atoms with van der Waals surface area (Å²) in [5.41, 5.74) is 0. The van der Waals surface area contributed by atoms with E-state index in [1.165, 1.54) is 19.3 Å². The first-order valence-corrected chi connectivity index (χ1v) is 7.74. The molecule has 0 unspecified atom stereocenters. The second-order valence-corrected chi connectivity index (χ2v) is 6.56. The minimum absolute atomic E-state index is 0.00472. The first-order valence-electron chi connectivity index (χ1n) is 6.99. The monoisotopic (exact) mass is 313 g/mol. The van der Waals surface area contributed by atoms with Crippen LogP contribution in [0.1, 0.15) is 25.7 Å². The summed E-state index contributed by atoms with van der Waals surface area (Å²) < 4.78 is 5.44. The molecule has 0 radical (unpaired) electrons. The molecule has 0 saturated heterocycles. The second kappa shape index (κ2) is 5.82. The first kappa shape index (κ1) is 14.0. The maximum atomic E-state index is 11.9. The zero-order valence-electron chi connectivity index (χ0n) is 11.1. The number of hydrogen-bond acceptors (Lipinski definition) is 2. The van der Waals surface area contributed by atoms with Gasteiger partial charge >= 0.3 is 0 Å². The molecule has 2 bridgehead atoms. The number of ether oxygens (including phenoxy) is 1. The van der Waals surface area contributed by atoms with Crippen LogP contribution in [-0.4, -0.2) is 18.6 Å². The van der Waals surface area contributed by atoms with Gasteiger partial charge in [0.1, 0.15) is 5.75 Å². The molecular formula is C15H17Cl2NO2. The number of fused-ring (bicyclic) bond motifs is 2. The van der Waals surface area contributed by atoms with E-state index in [1.54, 1.807) is 18.2 Å². The SMILES string of the molecule is O=C(COc1ccc(Cl)cc1Cl)N[C@@H]1C[C@@H]2CC[C@@H]1C2. The number of amides is 1. The Bertz CT molecular complexity index is 521. The molecule has 0 aliphatic heterocycles. The third kappa shape index (κ3) is 3.04. The molecule has 0 spiro atoms. The lowest BCUT2D eigenvalue weighted by molar-refractivity contribution is -0.124. The van der Waals surface area contributed by atoms with Crippen molar-refractivity contribution in [2.45, 2.75) is 31.7 Å². The highest BCUT2D eigenvalue weighted by Crippen LogP contribution is 2.44. The number of hydrogen-bond donors (Lipinski definition) is 1. The van der Waals surface area contributed by atoms with E-state index in [0.29, 0.717) is 27.8 Å². The fourth-order valence-corrected chi connectivity index (χ4v) is 3.87. The second-order valence-electron chi connectivity index (χ2n) is 5.71. The molecule has 3 rings (SSSR count). The summed E-state index contributed by atoms with van der Waals surface area (Å²) in [7, 11) is 0. The summed E-state index contributed by atoms with van der Waals surface area (Å²) >= 11 is 11.8. The van der Waals surface area contributed by atoms with Gasteiger partial charge in [-0.05, 0) is 49.3 Å². The van der Waals surface area contributed by atoms with Crippen LogP contribution in [0, 0.1) is 11.8 Å². The zero-order chi connectivity index (χ0) is 14.1. The van der Waals surface area contributed by atoms with Crippen LogP contribution in [0.2, 0.25) is 10.0 Å². The maximum Gasteiger partial charge on any atom is 0.258 e. The van der Waals surface area contributed by atoms with Crippen LogP contribution in [-0.2, 0) is 4.79 Å². The smallest absolute Gasteiger partial charge is 0.258 e. The van der Waals surface area contributed by atoms with Crippen molar-refractivity contribution in [2.75, 3.05) is 6.61 Å². The predicted octanol–water partition coefficient (Wildman–Crippen LogP) is 3.68. The minimum atomic E-state index is -0.0754. The van der Waals surface area contributed by atoms with Crippen LogP contribution in [0.4, 0.5) is 0 Å². The van der Waals surface area contributed by atoms with Crippen molar-refractivity contribution >= 4 is 29.1 Å². The van der Waals surface area contributed by atoms with Gasteiger partial charge in [-0.15, -0.1) is 0 Å². The summed E-state index contributed by atoms with van der Waals surface area (Å²) in [4.78, 5) is 11.9. The Balaban J connectivity index is 1.49. The summed E-state index contributed by atoms with van der Waals surface area (Å²) in [5.74, 6) is 1.90. The molecule has 2 saturated carbocycles. The van der Waals surface area contributed by atoms with Gasteiger partial charge in [-0.2, -0.15) is 0 Å². The molecule has 5 heteroatoms. The molecule has 1 amide bonds. The van der Waals surface area contributed by atoms with Gasteiger partial charge < -0.3 is 10.1 Å². The van der Waals surface area contributed by atoms with Gasteiger partial charge in [0.05, 0.1) is 5.02 Å². The fourth-order valence-electron chi connectivity index (χ4n) is 3.41. The van der Waals surface area contributed by atoms with Crippen molar-refractivity contribution in [1.82, 2.24) is 5.32 Å². The van der Waals surface area contributed by atoms with E-state index in [2.05, 4.69) is 5.32 Å². The van der Waals surface area contributed by atoms with Gasteiger partial charge in [0, 0.05) is 11.1 Å². The Morgan fingerprint density at radius 1 is 1.30 bits per heavy atom. The third-order valence-electron chi connectivity index (χ3n) is 4.34. The molecule has 1 aromatic carbocycles. The van der Waals surface area contributed by atoms with Gasteiger partial charge in [0.15, 0.2) is 6.61 Å². The maximum absolute atomic E-state index is 11.9. The first-order chi connectivity index (χ1) is 9.61. The van der Waals surface area contributed by atoms with Gasteiger partial charge in [-0.25, -0.2) is 0 Å². The van der Waals surface area contributed by atoms with Crippen molar-refractivity contribution in [3.8, 4) is 5.75 Å². The van der Waals surface area contributed by atoms with E-state index >= 15 is 0 Å². The van der Waals surface area contributed by atoms with E-state index in [-0.39, 0.29) is 12.5 Å². The Morgan fingerprint density at radius 3 is 2.80 bits per heavy atom. The van der Waals surface area contributed by atoms with Gasteiger partial charge in [0.25, 0.3) is 5.91 Å². The number of halogens is 2. The number of carbonyl (C=O) groups excluding carboxylic acids is 1. The molecule has 2 fully saturated rings. The summed E-state index contributed by atoms with van der Waals surface area (Å²) in [6, 6.07) is 5.31. The fraction of sp³-hybridized carbons (Fsp3) is 0.533. The van der Waals surface area contributed by atoms with Crippen LogP contribution in [0.25, 0.3) is 0 Å². The van der Waals surface area contributed by atoms with Crippen LogP contribution in [0.15, 0.2) is 18.2 Å². The molecule has 2 aliphatic carbocycles. The van der Waals surface area contributed by atoms with Crippen molar-refractivity contribution < 1.29 is 9.53 Å². The molecule has 0 heterocycles. The number of nitrogens with one attached hydrogen (secondary N) is 1. The van der Waals surface area contributed by atoms with Crippen molar-refractivity contribution in [1.29, 1.82) is 0 Å². The van der Waals surface area contributed by atoms with E-state index in [9.17, 15) is 4.79 Å². The lowest BCUT2D eigenvalue weighted by Crippen LogP contribution is -2.40. The van der Waals surface area contributed by atoms with Crippen LogP contribution in [0.3, 0.4) is 0 Å². The highest BCUT2D eigenvalue weighted by Gasteiger charge is 2.40. The molecule has 3 nitrogen and oxygen atoms in total. The predicted molar refractivity (Wildman–Crippen MR) is 79.3 cm³/mol. The molecule has 1 aromatic rings. The molecule has 20 heavy (non-hydrogen) atoms. The average molecular weight is 314 g/mol. The molecule has 2 aliphatic rings. The largest absolute Gasteiger partial charge is 0.482 e. The number of rotatable bonds is 4. The van der Waals surface area contributed by atoms with Crippen LogP contribution in [0.5, 0.6) is 5.75 Å². The van der Waals surface area contributed by atoms with Crippen molar-refractivity contribution in [3.05, 3.63) is 28.2 Å². The van der Waals surface area contributed by atoms with Crippen LogP contribution < -0.4 is 10.1 Å².